The topological polar surface area (TPSA) is 102 Å². The summed E-state index contributed by atoms with van der Waals surface area (Å²) in [5.74, 6) is -0.691. The van der Waals surface area contributed by atoms with Crippen LogP contribution in [-0.4, -0.2) is 41.2 Å². The lowest BCUT2D eigenvalue weighted by Gasteiger charge is -2.21. The van der Waals surface area contributed by atoms with Gasteiger partial charge in [0.15, 0.2) is 0 Å². The maximum absolute atomic E-state index is 12.0. The quantitative estimate of drug-likeness (QED) is 0.810. The maximum Gasteiger partial charge on any atom is 0.422 e. The molecule has 0 saturated carbocycles. The highest BCUT2D eigenvalue weighted by atomic mass is 32.2. The van der Waals surface area contributed by atoms with Gasteiger partial charge in [-0.1, -0.05) is 12.1 Å². The Balaban J connectivity index is 3.11. The lowest BCUT2D eigenvalue weighted by molar-refractivity contribution is 0.0601. The molecule has 0 unspecified atom stereocenters. The first-order valence-corrected chi connectivity index (χ1v) is 7.38. The summed E-state index contributed by atoms with van der Waals surface area (Å²) in [7, 11) is -1.82. The molecule has 1 rings (SSSR count). The Morgan fingerprint density at radius 2 is 1.90 bits per heavy atom. The minimum absolute atomic E-state index is 0.0316. The van der Waals surface area contributed by atoms with Gasteiger partial charge in [0, 0.05) is 7.05 Å². The summed E-state index contributed by atoms with van der Waals surface area (Å²) in [5, 5.41) is 0. The third-order valence-corrected chi connectivity index (χ3v) is 3.84. The zero-order valence-electron chi connectivity index (χ0n) is 11.8. The van der Waals surface area contributed by atoms with E-state index in [0.717, 1.165) is 4.31 Å². The van der Waals surface area contributed by atoms with Crippen LogP contribution in [0.25, 0.3) is 0 Å². The Morgan fingerprint density at radius 3 is 2.48 bits per heavy atom. The van der Waals surface area contributed by atoms with E-state index in [4.69, 9.17) is 0 Å². The summed E-state index contributed by atoms with van der Waals surface area (Å²) in [6, 6.07) is 5.95. The number of ether oxygens (including phenoxy) is 2. The van der Waals surface area contributed by atoms with Crippen LogP contribution in [0.1, 0.15) is 17.3 Å². The average Bonchev–Trinajstić information content (AvgIpc) is 2.45. The molecule has 0 bridgehead atoms. The molecule has 9 heteroatoms. The van der Waals surface area contributed by atoms with Crippen molar-refractivity contribution in [3.05, 3.63) is 29.8 Å². The molecule has 1 N–H and O–H groups in total. The Bertz CT molecular complexity index is 628. The fourth-order valence-electron chi connectivity index (χ4n) is 1.49. The van der Waals surface area contributed by atoms with E-state index in [1.807, 2.05) is 0 Å². The highest BCUT2D eigenvalue weighted by molar-refractivity contribution is 7.91. The zero-order valence-corrected chi connectivity index (χ0v) is 12.6. The molecule has 0 aliphatic heterocycles. The Hall–Kier alpha value is -2.29. The average molecular weight is 316 g/mol. The predicted octanol–water partition coefficient (Wildman–Crippen LogP) is 0.900. The third-order valence-electron chi connectivity index (χ3n) is 2.50. The van der Waals surface area contributed by atoms with E-state index in [1.54, 1.807) is 23.8 Å². The van der Waals surface area contributed by atoms with Gasteiger partial charge in [-0.05, 0) is 19.1 Å². The number of nitrogens with one attached hydrogen (secondary N) is 1. The number of methoxy groups -OCH3 is 1. The molecule has 0 saturated heterocycles. The van der Waals surface area contributed by atoms with Crippen LogP contribution in [0.5, 0.6) is 0 Å². The van der Waals surface area contributed by atoms with Crippen molar-refractivity contribution in [1.29, 1.82) is 0 Å². The SMILES string of the molecule is CCOC(=O)NS(=O)(=O)N(C)c1ccccc1C(=O)OC. The minimum Gasteiger partial charge on any atom is -0.465 e. The molecule has 0 atom stereocenters. The molecule has 0 aromatic heterocycles. The first kappa shape index (κ1) is 16.8. The van der Waals surface area contributed by atoms with E-state index in [-0.39, 0.29) is 17.9 Å². The Kier molecular flexibility index (Phi) is 5.53. The summed E-state index contributed by atoms with van der Waals surface area (Å²) < 4.78 is 35.7. The zero-order chi connectivity index (χ0) is 16.0. The highest BCUT2D eigenvalue weighted by Gasteiger charge is 2.25. The van der Waals surface area contributed by atoms with Gasteiger partial charge in [-0.2, -0.15) is 8.42 Å². The van der Waals surface area contributed by atoms with Crippen LogP contribution >= 0.6 is 0 Å². The molecule has 0 radical (unpaired) electrons. The first-order valence-electron chi connectivity index (χ1n) is 5.94. The van der Waals surface area contributed by atoms with Crippen molar-refractivity contribution in [3.63, 3.8) is 0 Å². The van der Waals surface area contributed by atoms with Gasteiger partial charge in [0.25, 0.3) is 0 Å². The van der Waals surface area contributed by atoms with Crippen molar-refractivity contribution in [1.82, 2.24) is 4.72 Å². The van der Waals surface area contributed by atoms with Crippen molar-refractivity contribution in [3.8, 4) is 0 Å². The van der Waals surface area contributed by atoms with Crippen molar-refractivity contribution in [2.45, 2.75) is 6.92 Å². The normalized spacial score (nSPS) is 10.6. The van der Waals surface area contributed by atoms with E-state index in [2.05, 4.69) is 9.47 Å². The highest BCUT2D eigenvalue weighted by Crippen LogP contribution is 2.21. The lowest BCUT2D eigenvalue weighted by Crippen LogP contribution is -2.42. The molecule has 0 aliphatic carbocycles. The molecule has 116 valence electrons. The van der Waals surface area contributed by atoms with E-state index < -0.39 is 22.3 Å². The molecule has 21 heavy (non-hydrogen) atoms. The Labute approximate surface area is 122 Å². The molecule has 1 aromatic rings. The minimum atomic E-state index is -4.20. The standard InChI is InChI=1S/C12H16N2O6S/c1-4-20-12(16)13-21(17,18)14(2)10-8-6-5-7-9(10)11(15)19-3/h5-8H,4H2,1-3H3,(H,13,16). The summed E-state index contributed by atoms with van der Waals surface area (Å²) in [5.41, 5.74) is 0.123. The second-order valence-electron chi connectivity index (χ2n) is 3.80. The van der Waals surface area contributed by atoms with Gasteiger partial charge in [0.05, 0.1) is 25.0 Å². The van der Waals surface area contributed by atoms with Crippen LogP contribution in [0.2, 0.25) is 0 Å². The van der Waals surface area contributed by atoms with Crippen molar-refractivity contribution in [2.75, 3.05) is 25.1 Å². The van der Waals surface area contributed by atoms with Crippen molar-refractivity contribution >= 4 is 28.0 Å². The lowest BCUT2D eigenvalue weighted by atomic mass is 10.2. The number of carbonyl (C=O) groups excluding carboxylic acids is 2. The fraction of sp³-hybridized carbons (Fsp3) is 0.333. The van der Waals surface area contributed by atoms with E-state index in [9.17, 15) is 18.0 Å². The molecule has 1 amide bonds. The number of amides is 1. The van der Waals surface area contributed by atoms with Gasteiger partial charge in [-0.15, -0.1) is 0 Å². The fourth-order valence-corrected chi connectivity index (χ4v) is 2.32. The number of carbonyl (C=O) groups is 2. The maximum atomic E-state index is 12.0. The largest absolute Gasteiger partial charge is 0.465 e. The van der Waals surface area contributed by atoms with Gasteiger partial charge in [0.2, 0.25) is 0 Å². The van der Waals surface area contributed by atoms with Crippen LogP contribution in [-0.2, 0) is 19.7 Å². The number of anilines is 1. The molecule has 0 fully saturated rings. The van der Waals surface area contributed by atoms with Crippen LogP contribution in [0.15, 0.2) is 24.3 Å². The van der Waals surface area contributed by atoms with Gasteiger partial charge < -0.3 is 9.47 Å². The number of esters is 1. The van der Waals surface area contributed by atoms with Crippen molar-refractivity contribution in [2.24, 2.45) is 0 Å². The monoisotopic (exact) mass is 316 g/mol. The number of hydrogen-bond acceptors (Lipinski definition) is 6. The number of rotatable bonds is 5. The molecule has 8 nitrogen and oxygen atoms in total. The molecular formula is C12H16N2O6S. The second-order valence-corrected chi connectivity index (χ2v) is 5.51. The van der Waals surface area contributed by atoms with Crippen LogP contribution in [0.4, 0.5) is 10.5 Å². The predicted molar refractivity (Wildman–Crippen MR) is 75.3 cm³/mol. The smallest absolute Gasteiger partial charge is 0.422 e. The van der Waals surface area contributed by atoms with Gasteiger partial charge >= 0.3 is 22.3 Å². The molecule has 0 heterocycles. The first-order chi connectivity index (χ1) is 9.83. The van der Waals surface area contributed by atoms with Crippen LogP contribution in [0.3, 0.4) is 0 Å². The van der Waals surface area contributed by atoms with E-state index >= 15 is 0 Å². The Morgan fingerprint density at radius 1 is 1.29 bits per heavy atom. The van der Waals surface area contributed by atoms with E-state index in [0.29, 0.717) is 0 Å². The second kappa shape index (κ2) is 6.93. The number of benzene rings is 1. The summed E-state index contributed by atoms with van der Waals surface area (Å²) >= 11 is 0. The molecule has 1 aromatic carbocycles. The van der Waals surface area contributed by atoms with Gasteiger partial charge in [-0.3, -0.25) is 4.31 Å². The van der Waals surface area contributed by atoms with Gasteiger partial charge in [0.1, 0.15) is 0 Å². The summed E-state index contributed by atoms with van der Waals surface area (Å²) in [4.78, 5) is 22.9. The summed E-state index contributed by atoms with van der Waals surface area (Å²) in [6.07, 6.45) is -1.10. The summed E-state index contributed by atoms with van der Waals surface area (Å²) in [6.45, 7) is 1.58. The third kappa shape index (κ3) is 4.09. The van der Waals surface area contributed by atoms with E-state index in [1.165, 1.54) is 26.3 Å². The molecule has 0 aliphatic rings. The number of para-hydroxylation sites is 1. The molecule has 0 spiro atoms. The number of nitrogens with zero attached hydrogens (tertiary/aromatic N) is 1. The van der Waals surface area contributed by atoms with Crippen molar-refractivity contribution < 1.29 is 27.5 Å². The number of hydrogen-bond donors (Lipinski definition) is 1. The van der Waals surface area contributed by atoms with Crippen LogP contribution in [0, 0.1) is 0 Å². The van der Waals surface area contributed by atoms with Gasteiger partial charge in [-0.25, -0.2) is 14.3 Å². The van der Waals surface area contributed by atoms with Crippen LogP contribution < -0.4 is 9.03 Å². The molecular weight excluding hydrogens is 300 g/mol.